The molecule has 0 saturated carbocycles. The van der Waals surface area contributed by atoms with E-state index in [1.54, 1.807) is 18.3 Å². The number of pyridine rings is 2. The van der Waals surface area contributed by atoms with E-state index in [0.717, 1.165) is 50.7 Å². The summed E-state index contributed by atoms with van der Waals surface area (Å²) in [5.41, 5.74) is 2.15. The molecular weight excluding hydrogens is 336 g/mol. The lowest BCUT2D eigenvalue weighted by Gasteiger charge is -2.29. The van der Waals surface area contributed by atoms with E-state index in [4.69, 9.17) is 0 Å². The van der Waals surface area contributed by atoms with Crippen molar-refractivity contribution in [2.24, 2.45) is 5.41 Å². The molecule has 27 heavy (non-hydrogen) atoms. The average Bonchev–Trinajstić information content (AvgIpc) is 2.86. The van der Waals surface area contributed by atoms with Crippen LogP contribution in [0.2, 0.25) is 0 Å². The summed E-state index contributed by atoms with van der Waals surface area (Å²) in [6.07, 6.45) is 2.81. The van der Waals surface area contributed by atoms with Crippen molar-refractivity contribution in [1.29, 1.82) is 0 Å². The fourth-order valence-corrected chi connectivity index (χ4v) is 3.62. The molecule has 1 saturated heterocycles. The van der Waals surface area contributed by atoms with Gasteiger partial charge < -0.3 is 9.80 Å². The maximum Gasteiger partial charge on any atom is 0.213 e. The number of hydrogen-bond donors (Lipinski definition) is 0. The lowest BCUT2D eigenvalue weighted by molar-refractivity contribution is 0.103. The molecule has 146 valence electrons. The van der Waals surface area contributed by atoms with Gasteiger partial charge >= 0.3 is 0 Å². The van der Waals surface area contributed by atoms with Gasteiger partial charge in [0.1, 0.15) is 11.5 Å². The summed E-state index contributed by atoms with van der Waals surface area (Å²) in [6, 6.07) is 9.34. The minimum absolute atomic E-state index is 0. The summed E-state index contributed by atoms with van der Waals surface area (Å²) >= 11 is 0. The Hall–Kier alpha value is -2.27. The minimum Gasteiger partial charge on any atom is -0.355 e. The second kappa shape index (κ2) is 8.17. The summed E-state index contributed by atoms with van der Waals surface area (Å²) in [5.74, 6) is 0.826. The van der Waals surface area contributed by atoms with Gasteiger partial charge in [-0.2, -0.15) is 0 Å². The Morgan fingerprint density at radius 3 is 2.67 bits per heavy atom. The van der Waals surface area contributed by atoms with Crippen LogP contribution in [0.15, 0.2) is 36.5 Å². The number of aryl methyl sites for hydroxylation is 1. The van der Waals surface area contributed by atoms with Crippen molar-refractivity contribution in [3.05, 3.63) is 53.5 Å². The third-order valence-corrected chi connectivity index (χ3v) is 4.83. The van der Waals surface area contributed by atoms with E-state index < -0.39 is 0 Å². The molecule has 1 aliphatic rings. The van der Waals surface area contributed by atoms with Gasteiger partial charge in [0, 0.05) is 45.1 Å². The maximum absolute atomic E-state index is 12.8. The highest BCUT2D eigenvalue weighted by Crippen LogP contribution is 2.20. The van der Waals surface area contributed by atoms with Gasteiger partial charge in [-0.3, -0.25) is 9.78 Å². The summed E-state index contributed by atoms with van der Waals surface area (Å²) in [4.78, 5) is 26.6. The van der Waals surface area contributed by atoms with Crippen LogP contribution in [0.5, 0.6) is 0 Å². The molecule has 0 spiro atoms. The molecule has 0 aromatic carbocycles. The van der Waals surface area contributed by atoms with Crippen LogP contribution in [0.4, 0.5) is 5.82 Å². The number of anilines is 1. The Bertz CT molecular complexity index is 803. The van der Waals surface area contributed by atoms with Crippen LogP contribution >= 0.6 is 0 Å². The molecule has 0 N–H and O–H groups in total. The van der Waals surface area contributed by atoms with Crippen molar-refractivity contribution in [1.82, 2.24) is 14.9 Å². The first-order valence-corrected chi connectivity index (χ1v) is 9.74. The lowest BCUT2D eigenvalue weighted by Crippen LogP contribution is -2.36. The van der Waals surface area contributed by atoms with Crippen molar-refractivity contribution < 1.29 is 6.22 Å². The number of aromatic nitrogens is 2. The minimum atomic E-state index is -0.0633. The molecule has 5 heteroatoms. The average molecular weight is 369 g/mol. The Labute approximate surface area is 163 Å². The SMILES string of the molecule is Cc1ncccc1C(=O)c1cccc(N2CCCN(CC(C)(C)C)CC2)n1.[HH]. The molecule has 1 aliphatic heterocycles. The maximum atomic E-state index is 12.8. The smallest absolute Gasteiger partial charge is 0.213 e. The second-order valence-corrected chi connectivity index (χ2v) is 8.52. The van der Waals surface area contributed by atoms with Crippen LogP contribution < -0.4 is 4.90 Å². The van der Waals surface area contributed by atoms with Crippen LogP contribution in [-0.4, -0.2) is 53.4 Å². The Morgan fingerprint density at radius 2 is 1.93 bits per heavy atom. The van der Waals surface area contributed by atoms with Crippen molar-refractivity contribution in [2.75, 3.05) is 37.6 Å². The van der Waals surface area contributed by atoms with Crippen LogP contribution in [0.1, 0.15) is 50.4 Å². The quantitative estimate of drug-likeness (QED) is 0.768. The third kappa shape index (κ3) is 5.13. The molecule has 0 aliphatic carbocycles. The van der Waals surface area contributed by atoms with Gasteiger partial charge in [-0.1, -0.05) is 26.8 Å². The first kappa shape index (κ1) is 19.5. The van der Waals surface area contributed by atoms with Gasteiger partial charge in [-0.25, -0.2) is 4.98 Å². The summed E-state index contributed by atoms with van der Waals surface area (Å²) in [5, 5.41) is 0. The van der Waals surface area contributed by atoms with E-state index in [1.807, 2.05) is 25.1 Å². The summed E-state index contributed by atoms with van der Waals surface area (Å²) in [7, 11) is 0. The molecular formula is C22H32N4O. The first-order valence-electron chi connectivity index (χ1n) is 9.74. The molecule has 0 atom stereocenters. The molecule has 0 amide bonds. The highest BCUT2D eigenvalue weighted by molar-refractivity contribution is 6.08. The number of carbonyl (C=O) groups excluding carboxylic acids is 1. The van der Waals surface area contributed by atoms with Gasteiger partial charge in [0.25, 0.3) is 0 Å². The largest absolute Gasteiger partial charge is 0.355 e. The van der Waals surface area contributed by atoms with Crippen LogP contribution in [0.3, 0.4) is 0 Å². The Morgan fingerprint density at radius 1 is 1.11 bits per heavy atom. The lowest BCUT2D eigenvalue weighted by atomic mass is 9.96. The Balaban J connectivity index is 0.00000280. The molecule has 0 bridgehead atoms. The monoisotopic (exact) mass is 368 g/mol. The van der Waals surface area contributed by atoms with Gasteiger partial charge in [0.2, 0.25) is 5.78 Å². The molecule has 0 unspecified atom stereocenters. The standard InChI is InChI=1S/C22H30N4O.H2/c1-17-18(8-6-11-23-17)21(27)19-9-5-10-20(24-19)26-13-7-12-25(14-15-26)16-22(2,3)4;/h5-6,8-11H,7,12-16H2,1-4H3;1H. The molecule has 1 fully saturated rings. The van der Waals surface area contributed by atoms with Crippen LogP contribution in [0, 0.1) is 12.3 Å². The summed E-state index contributed by atoms with van der Waals surface area (Å²) in [6.45, 7) is 13.9. The molecule has 0 radical (unpaired) electrons. The molecule has 3 rings (SSSR count). The normalized spacial score (nSPS) is 16.2. The number of hydrogen-bond acceptors (Lipinski definition) is 5. The fraction of sp³-hybridized carbons (Fsp3) is 0.500. The first-order chi connectivity index (χ1) is 12.8. The van der Waals surface area contributed by atoms with Crippen molar-refractivity contribution in [2.45, 2.75) is 34.1 Å². The van der Waals surface area contributed by atoms with Gasteiger partial charge in [-0.15, -0.1) is 0 Å². The van der Waals surface area contributed by atoms with Crippen molar-refractivity contribution in [3.8, 4) is 0 Å². The number of ketones is 1. The molecule has 5 nitrogen and oxygen atoms in total. The predicted molar refractivity (Wildman–Crippen MR) is 111 cm³/mol. The third-order valence-electron chi connectivity index (χ3n) is 4.83. The molecule has 3 heterocycles. The fourth-order valence-electron chi connectivity index (χ4n) is 3.62. The molecule has 2 aromatic rings. The van der Waals surface area contributed by atoms with E-state index in [1.165, 1.54) is 0 Å². The van der Waals surface area contributed by atoms with Crippen molar-refractivity contribution >= 4 is 11.6 Å². The van der Waals surface area contributed by atoms with E-state index in [0.29, 0.717) is 16.7 Å². The molecule has 2 aromatic heterocycles. The highest BCUT2D eigenvalue weighted by Gasteiger charge is 2.21. The van der Waals surface area contributed by atoms with E-state index >= 15 is 0 Å². The Kier molecular flexibility index (Phi) is 5.90. The number of nitrogens with zero attached hydrogens (tertiary/aromatic N) is 4. The number of carbonyl (C=O) groups is 1. The van der Waals surface area contributed by atoms with E-state index in [9.17, 15) is 4.79 Å². The van der Waals surface area contributed by atoms with E-state index in [2.05, 4.69) is 40.5 Å². The summed E-state index contributed by atoms with van der Waals surface area (Å²) < 4.78 is 0. The zero-order chi connectivity index (χ0) is 19.4. The zero-order valence-corrected chi connectivity index (χ0v) is 16.9. The van der Waals surface area contributed by atoms with Gasteiger partial charge in [-0.05, 0) is 49.6 Å². The zero-order valence-electron chi connectivity index (χ0n) is 16.9. The van der Waals surface area contributed by atoms with Crippen LogP contribution in [0.25, 0.3) is 0 Å². The van der Waals surface area contributed by atoms with Crippen molar-refractivity contribution in [3.63, 3.8) is 0 Å². The van der Waals surface area contributed by atoms with E-state index in [-0.39, 0.29) is 7.21 Å². The number of rotatable bonds is 4. The second-order valence-electron chi connectivity index (χ2n) is 8.52. The van der Waals surface area contributed by atoms with Gasteiger partial charge in [0.05, 0.1) is 0 Å². The predicted octanol–water partition coefficient (Wildman–Crippen LogP) is 3.82. The van der Waals surface area contributed by atoms with Crippen LogP contribution in [-0.2, 0) is 0 Å². The van der Waals surface area contributed by atoms with Gasteiger partial charge in [0.15, 0.2) is 0 Å². The topological polar surface area (TPSA) is 49.3 Å². The highest BCUT2D eigenvalue weighted by atomic mass is 16.1.